The van der Waals surface area contributed by atoms with Crippen molar-refractivity contribution in [1.82, 2.24) is 10.2 Å². The average Bonchev–Trinajstić information content (AvgIpc) is 2.64. The summed E-state index contributed by atoms with van der Waals surface area (Å²) < 4.78 is 5.16. The van der Waals surface area contributed by atoms with Gasteiger partial charge in [-0.1, -0.05) is 35.9 Å². The van der Waals surface area contributed by atoms with Crippen molar-refractivity contribution in [2.45, 2.75) is 26.8 Å². The van der Waals surface area contributed by atoms with Gasteiger partial charge in [0.15, 0.2) is 17.5 Å². The van der Waals surface area contributed by atoms with Crippen LogP contribution in [0.4, 0.5) is 0 Å². The van der Waals surface area contributed by atoms with Gasteiger partial charge in [0.05, 0.1) is 7.11 Å². The highest BCUT2D eigenvalue weighted by molar-refractivity contribution is 5.79. The first kappa shape index (κ1) is 19.6. The lowest BCUT2D eigenvalue weighted by Gasteiger charge is -2.22. The fourth-order valence-corrected chi connectivity index (χ4v) is 2.68. The summed E-state index contributed by atoms with van der Waals surface area (Å²) in [7, 11) is 3.60. The number of rotatable bonds is 7. The molecular weight excluding hydrogens is 326 g/mol. The van der Waals surface area contributed by atoms with Crippen LogP contribution in [0.25, 0.3) is 0 Å². The van der Waals surface area contributed by atoms with Gasteiger partial charge in [0.2, 0.25) is 0 Å². The molecule has 140 valence electrons. The van der Waals surface area contributed by atoms with Gasteiger partial charge >= 0.3 is 0 Å². The standard InChI is InChI=1S/C21H29N3O2/c1-5-22-21(24(3)15-18-8-6-16(2)7-9-18)23-13-12-17-10-11-19(25)20(14-17)26-4/h6-11,14,25H,5,12-13,15H2,1-4H3,(H,22,23). The Morgan fingerprint density at radius 2 is 1.85 bits per heavy atom. The van der Waals surface area contributed by atoms with Crippen LogP contribution in [0.5, 0.6) is 11.5 Å². The Morgan fingerprint density at radius 3 is 2.50 bits per heavy atom. The zero-order valence-electron chi connectivity index (χ0n) is 16.1. The van der Waals surface area contributed by atoms with E-state index in [1.54, 1.807) is 13.2 Å². The third-order valence-corrected chi connectivity index (χ3v) is 4.14. The number of nitrogens with zero attached hydrogens (tertiary/aromatic N) is 2. The second kappa shape index (κ2) is 9.70. The molecule has 0 fully saturated rings. The number of phenolic OH excluding ortho intramolecular Hbond substituents is 1. The number of hydrogen-bond donors (Lipinski definition) is 2. The normalized spacial score (nSPS) is 11.3. The molecule has 26 heavy (non-hydrogen) atoms. The monoisotopic (exact) mass is 355 g/mol. The van der Waals surface area contributed by atoms with Crippen molar-refractivity contribution in [2.75, 3.05) is 27.2 Å². The van der Waals surface area contributed by atoms with Gasteiger partial charge in [0.1, 0.15) is 0 Å². The molecular formula is C21H29N3O2. The van der Waals surface area contributed by atoms with E-state index in [1.165, 1.54) is 11.1 Å². The molecule has 0 aliphatic carbocycles. The number of aliphatic imine (C=N–C) groups is 1. The Bertz CT molecular complexity index is 727. The topological polar surface area (TPSA) is 57.1 Å². The molecule has 0 aliphatic rings. The first-order chi connectivity index (χ1) is 12.5. The van der Waals surface area contributed by atoms with Crippen LogP contribution in [-0.2, 0) is 13.0 Å². The maximum atomic E-state index is 9.68. The Morgan fingerprint density at radius 1 is 1.15 bits per heavy atom. The zero-order chi connectivity index (χ0) is 18.9. The largest absolute Gasteiger partial charge is 0.504 e. The van der Waals surface area contributed by atoms with E-state index in [0.717, 1.165) is 31.0 Å². The summed E-state index contributed by atoms with van der Waals surface area (Å²) in [6.07, 6.45) is 0.782. The van der Waals surface area contributed by atoms with E-state index >= 15 is 0 Å². The third kappa shape index (κ3) is 5.69. The molecule has 2 N–H and O–H groups in total. The quantitative estimate of drug-likeness (QED) is 0.591. The van der Waals surface area contributed by atoms with Gasteiger partial charge in [-0.15, -0.1) is 0 Å². The van der Waals surface area contributed by atoms with Crippen LogP contribution in [0.1, 0.15) is 23.6 Å². The number of ether oxygens (including phenoxy) is 1. The van der Waals surface area contributed by atoms with E-state index in [4.69, 9.17) is 9.73 Å². The number of aryl methyl sites for hydroxylation is 1. The maximum absolute atomic E-state index is 9.68. The molecule has 0 aromatic heterocycles. The molecule has 0 heterocycles. The summed E-state index contributed by atoms with van der Waals surface area (Å²) in [4.78, 5) is 6.86. The third-order valence-electron chi connectivity index (χ3n) is 4.14. The SMILES string of the molecule is CCNC(=NCCc1ccc(O)c(OC)c1)N(C)Cc1ccc(C)cc1. The molecule has 0 spiro atoms. The summed E-state index contributed by atoms with van der Waals surface area (Å²) in [5.41, 5.74) is 3.61. The number of methoxy groups -OCH3 is 1. The van der Waals surface area contributed by atoms with Crippen LogP contribution in [0, 0.1) is 6.92 Å². The van der Waals surface area contributed by atoms with Crippen LogP contribution in [0.15, 0.2) is 47.5 Å². The van der Waals surface area contributed by atoms with E-state index < -0.39 is 0 Å². The van der Waals surface area contributed by atoms with E-state index in [9.17, 15) is 5.11 Å². The van der Waals surface area contributed by atoms with Gasteiger partial charge in [-0.25, -0.2) is 0 Å². The summed E-state index contributed by atoms with van der Waals surface area (Å²) in [5, 5.41) is 13.0. The summed E-state index contributed by atoms with van der Waals surface area (Å²) in [6.45, 7) is 6.45. The lowest BCUT2D eigenvalue weighted by atomic mass is 10.1. The first-order valence-corrected chi connectivity index (χ1v) is 8.94. The molecule has 0 aliphatic heterocycles. The van der Waals surface area contributed by atoms with Crippen LogP contribution in [0.2, 0.25) is 0 Å². The van der Waals surface area contributed by atoms with E-state index in [0.29, 0.717) is 12.3 Å². The van der Waals surface area contributed by atoms with Crippen molar-refractivity contribution >= 4 is 5.96 Å². The number of phenols is 1. The molecule has 0 bridgehead atoms. The molecule has 0 unspecified atom stereocenters. The fraction of sp³-hybridized carbons (Fsp3) is 0.381. The van der Waals surface area contributed by atoms with Crippen molar-refractivity contribution in [3.8, 4) is 11.5 Å². The molecule has 0 saturated heterocycles. The fourth-order valence-electron chi connectivity index (χ4n) is 2.68. The predicted molar refractivity (Wildman–Crippen MR) is 107 cm³/mol. The second-order valence-corrected chi connectivity index (χ2v) is 6.33. The van der Waals surface area contributed by atoms with Crippen LogP contribution >= 0.6 is 0 Å². The number of guanidine groups is 1. The average molecular weight is 355 g/mol. The summed E-state index contributed by atoms with van der Waals surface area (Å²) >= 11 is 0. The maximum Gasteiger partial charge on any atom is 0.193 e. The zero-order valence-corrected chi connectivity index (χ0v) is 16.1. The minimum absolute atomic E-state index is 0.158. The van der Waals surface area contributed by atoms with Gasteiger partial charge in [-0.05, 0) is 43.5 Å². The number of aromatic hydroxyl groups is 1. The Hall–Kier alpha value is -2.69. The van der Waals surface area contributed by atoms with E-state index in [2.05, 4.69) is 48.3 Å². The van der Waals surface area contributed by atoms with Crippen molar-refractivity contribution in [1.29, 1.82) is 0 Å². The highest BCUT2D eigenvalue weighted by atomic mass is 16.5. The number of benzene rings is 2. The Balaban J connectivity index is 1.99. The van der Waals surface area contributed by atoms with Crippen LogP contribution in [0.3, 0.4) is 0 Å². The Kier molecular flexibility index (Phi) is 7.33. The molecule has 2 aromatic rings. The van der Waals surface area contributed by atoms with Gasteiger partial charge < -0.3 is 20.1 Å². The van der Waals surface area contributed by atoms with Crippen molar-refractivity contribution in [3.63, 3.8) is 0 Å². The van der Waals surface area contributed by atoms with E-state index in [-0.39, 0.29) is 5.75 Å². The first-order valence-electron chi connectivity index (χ1n) is 8.94. The molecule has 2 rings (SSSR count). The summed E-state index contributed by atoms with van der Waals surface area (Å²) in [5.74, 6) is 1.54. The van der Waals surface area contributed by atoms with Crippen LogP contribution in [-0.4, -0.2) is 43.2 Å². The lowest BCUT2D eigenvalue weighted by molar-refractivity contribution is 0.373. The Labute approximate surface area is 156 Å². The molecule has 5 heteroatoms. The smallest absolute Gasteiger partial charge is 0.193 e. The summed E-state index contributed by atoms with van der Waals surface area (Å²) in [6, 6.07) is 14.0. The molecule has 0 radical (unpaired) electrons. The van der Waals surface area contributed by atoms with Gasteiger partial charge in [-0.3, -0.25) is 4.99 Å². The van der Waals surface area contributed by atoms with Gasteiger partial charge in [-0.2, -0.15) is 0 Å². The minimum atomic E-state index is 0.158. The lowest BCUT2D eigenvalue weighted by Crippen LogP contribution is -2.38. The van der Waals surface area contributed by atoms with Gasteiger partial charge in [0.25, 0.3) is 0 Å². The van der Waals surface area contributed by atoms with Crippen molar-refractivity contribution in [3.05, 3.63) is 59.2 Å². The van der Waals surface area contributed by atoms with Crippen molar-refractivity contribution in [2.24, 2.45) is 4.99 Å². The van der Waals surface area contributed by atoms with Crippen LogP contribution < -0.4 is 10.1 Å². The molecule has 0 amide bonds. The van der Waals surface area contributed by atoms with Crippen molar-refractivity contribution < 1.29 is 9.84 Å². The minimum Gasteiger partial charge on any atom is -0.504 e. The van der Waals surface area contributed by atoms with E-state index in [1.807, 2.05) is 19.2 Å². The molecule has 2 aromatic carbocycles. The highest BCUT2D eigenvalue weighted by Gasteiger charge is 2.07. The number of nitrogens with one attached hydrogen (secondary N) is 1. The highest BCUT2D eigenvalue weighted by Crippen LogP contribution is 2.26. The number of hydrogen-bond acceptors (Lipinski definition) is 3. The molecule has 5 nitrogen and oxygen atoms in total. The molecule has 0 atom stereocenters. The van der Waals surface area contributed by atoms with Gasteiger partial charge in [0, 0.05) is 26.7 Å². The second-order valence-electron chi connectivity index (χ2n) is 6.33. The molecule has 0 saturated carbocycles. The predicted octanol–water partition coefficient (Wildman–Crippen LogP) is 3.35.